The molecule has 1 nitrogen and oxygen atoms in total. The predicted molar refractivity (Wildman–Crippen MR) is 36.8 cm³/mol. The summed E-state index contributed by atoms with van der Waals surface area (Å²) in [5.74, 6) is 1.09. The van der Waals surface area contributed by atoms with Crippen molar-refractivity contribution in [3.8, 4) is 0 Å². The van der Waals surface area contributed by atoms with Crippen molar-refractivity contribution in [3.05, 3.63) is 0 Å². The summed E-state index contributed by atoms with van der Waals surface area (Å²) < 4.78 is 0. The fourth-order valence-electron chi connectivity index (χ4n) is 2.34. The Bertz CT molecular complexity index is 98.0. The van der Waals surface area contributed by atoms with Gasteiger partial charge >= 0.3 is 0 Å². The summed E-state index contributed by atoms with van der Waals surface area (Å²) in [6.07, 6.45) is 8.67. The smallest absolute Gasteiger partial charge is 0.0946 e. The van der Waals surface area contributed by atoms with Crippen LogP contribution in [0.4, 0.5) is 0 Å². The summed E-state index contributed by atoms with van der Waals surface area (Å²) in [5, 5.41) is 0. The van der Waals surface area contributed by atoms with E-state index in [1.807, 2.05) is 0 Å². The molecule has 0 amide bonds. The lowest BCUT2D eigenvalue weighted by atomic mass is 9.66. The summed E-state index contributed by atoms with van der Waals surface area (Å²) in [5.41, 5.74) is 4.82. The molecule has 0 aromatic carbocycles. The van der Waals surface area contributed by atoms with Crippen LogP contribution in [-0.4, -0.2) is 5.54 Å². The second-order valence-electron chi connectivity index (χ2n) is 3.98. The third kappa shape index (κ3) is 0.877. The van der Waals surface area contributed by atoms with Gasteiger partial charge in [-0.15, -0.1) is 0 Å². The third-order valence-electron chi connectivity index (χ3n) is 3.25. The number of hydrogen-bond acceptors (Lipinski definition) is 0. The molecule has 3 aliphatic rings. The minimum absolute atomic E-state index is 0.536. The van der Waals surface area contributed by atoms with Crippen LogP contribution in [0.1, 0.15) is 38.5 Å². The van der Waals surface area contributed by atoms with Gasteiger partial charge in [0.15, 0.2) is 0 Å². The highest BCUT2D eigenvalue weighted by atomic mass is 14.8. The van der Waals surface area contributed by atoms with Crippen LogP contribution in [0.5, 0.6) is 0 Å². The van der Waals surface area contributed by atoms with Crippen LogP contribution >= 0.6 is 0 Å². The molecule has 52 valence electrons. The zero-order valence-corrected chi connectivity index (χ0v) is 6.03. The largest absolute Gasteiger partial charge is 0.353 e. The zero-order valence-electron chi connectivity index (χ0n) is 6.03. The molecule has 0 spiro atoms. The highest BCUT2D eigenvalue weighted by Crippen LogP contribution is 2.41. The van der Waals surface area contributed by atoms with E-state index in [0.29, 0.717) is 5.54 Å². The number of fused-ring (bicyclic) bond motifs is 3. The SMILES string of the molecule is [NH3+]C12CCC(CC1)CC2. The maximum atomic E-state index is 4.29. The molecule has 0 atom stereocenters. The summed E-state index contributed by atoms with van der Waals surface area (Å²) in [4.78, 5) is 0. The molecule has 0 heterocycles. The lowest BCUT2D eigenvalue weighted by Crippen LogP contribution is -2.75. The minimum atomic E-state index is 0.536. The molecular formula is C8H16N+. The Kier molecular flexibility index (Phi) is 1.10. The molecular weight excluding hydrogens is 110 g/mol. The second kappa shape index (κ2) is 1.72. The first-order chi connectivity index (χ1) is 4.29. The van der Waals surface area contributed by atoms with Crippen LogP contribution in [0.2, 0.25) is 0 Å². The van der Waals surface area contributed by atoms with Crippen LogP contribution < -0.4 is 5.73 Å². The van der Waals surface area contributed by atoms with Crippen molar-refractivity contribution < 1.29 is 5.73 Å². The predicted octanol–water partition coefficient (Wildman–Crippen LogP) is 0.951. The molecule has 0 aromatic rings. The highest BCUT2D eigenvalue weighted by Gasteiger charge is 2.39. The lowest BCUT2D eigenvalue weighted by Gasteiger charge is -2.40. The molecule has 0 aliphatic heterocycles. The van der Waals surface area contributed by atoms with Crippen molar-refractivity contribution in [1.82, 2.24) is 0 Å². The summed E-state index contributed by atoms with van der Waals surface area (Å²) in [7, 11) is 0. The van der Waals surface area contributed by atoms with Crippen molar-refractivity contribution in [2.45, 2.75) is 44.1 Å². The first-order valence-electron chi connectivity index (χ1n) is 4.14. The van der Waals surface area contributed by atoms with Gasteiger partial charge in [0, 0.05) is 19.3 Å². The van der Waals surface area contributed by atoms with Crippen molar-refractivity contribution in [2.75, 3.05) is 0 Å². The topological polar surface area (TPSA) is 27.6 Å². The standard InChI is InChI=1S/C8H15N/c9-8-4-1-7(2-5-8)3-6-8/h7H,1-6,9H2/p+1. The fraction of sp³-hybridized carbons (Fsp3) is 1.00. The van der Waals surface area contributed by atoms with Gasteiger partial charge in [0.05, 0.1) is 5.54 Å². The van der Waals surface area contributed by atoms with Crippen LogP contribution in [0.3, 0.4) is 0 Å². The average molecular weight is 126 g/mol. The van der Waals surface area contributed by atoms with Gasteiger partial charge in [0.25, 0.3) is 0 Å². The lowest BCUT2D eigenvalue weighted by molar-refractivity contribution is -0.494. The first-order valence-corrected chi connectivity index (χ1v) is 4.14. The monoisotopic (exact) mass is 126 g/mol. The Balaban J connectivity index is 2.11. The Morgan fingerprint density at radius 2 is 1.44 bits per heavy atom. The van der Waals surface area contributed by atoms with E-state index in [2.05, 4.69) is 5.73 Å². The van der Waals surface area contributed by atoms with Crippen molar-refractivity contribution in [1.29, 1.82) is 0 Å². The van der Waals surface area contributed by atoms with E-state index < -0.39 is 0 Å². The molecule has 2 bridgehead atoms. The Hall–Kier alpha value is -0.0400. The van der Waals surface area contributed by atoms with Gasteiger partial charge in [-0.2, -0.15) is 0 Å². The molecule has 0 unspecified atom stereocenters. The third-order valence-corrected chi connectivity index (χ3v) is 3.25. The maximum absolute atomic E-state index is 4.29. The van der Waals surface area contributed by atoms with Crippen molar-refractivity contribution in [3.63, 3.8) is 0 Å². The highest BCUT2D eigenvalue weighted by molar-refractivity contribution is 4.90. The van der Waals surface area contributed by atoms with Gasteiger partial charge in [-0.1, -0.05) is 0 Å². The van der Waals surface area contributed by atoms with Gasteiger partial charge in [0.2, 0.25) is 0 Å². The van der Waals surface area contributed by atoms with Crippen LogP contribution in [-0.2, 0) is 0 Å². The molecule has 0 saturated heterocycles. The fourth-order valence-corrected chi connectivity index (χ4v) is 2.34. The van der Waals surface area contributed by atoms with Crippen LogP contribution in [0.25, 0.3) is 0 Å². The molecule has 9 heavy (non-hydrogen) atoms. The Labute approximate surface area is 56.6 Å². The van der Waals surface area contributed by atoms with E-state index in [-0.39, 0.29) is 0 Å². The van der Waals surface area contributed by atoms with Crippen molar-refractivity contribution in [2.24, 2.45) is 5.92 Å². The van der Waals surface area contributed by atoms with Crippen molar-refractivity contribution >= 4 is 0 Å². The van der Waals surface area contributed by atoms with Crippen LogP contribution in [0, 0.1) is 5.92 Å². The summed E-state index contributed by atoms with van der Waals surface area (Å²) >= 11 is 0. The van der Waals surface area contributed by atoms with Gasteiger partial charge in [-0.25, -0.2) is 0 Å². The number of quaternary nitrogens is 1. The quantitative estimate of drug-likeness (QED) is 0.500. The summed E-state index contributed by atoms with van der Waals surface area (Å²) in [6.45, 7) is 0. The number of hydrogen-bond donors (Lipinski definition) is 1. The molecule has 3 rings (SSSR count). The van der Waals surface area contributed by atoms with E-state index in [1.165, 1.54) is 38.5 Å². The molecule has 0 radical (unpaired) electrons. The second-order valence-corrected chi connectivity index (χ2v) is 3.98. The molecule has 3 aliphatic carbocycles. The van der Waals surface area contributed by atoms with E-state index in [4.69, 9.17) is 0 Å². The Morgan fingerprint density at radius 1 is 1.00 bits per heavy atom. The van der Waals surface area contributed by atoms with Gasteiger partial charge in [-0.05, 0) is 25.2 Å². The first kappa shape index (κ1) is 5.72. The normalized spacial score (nSPS) is 49.7. The van der Waals surface area contributed by atoms with E-state index in [0.717, 1.165) is 5.92 Å². The molecule has 3 fully saturated rings. The van der Waals surface area contributed by atoms with E-state index in [1.54, 1.807) is 0 Å². The van der Waals surface area contributed by atoms with E-state index >= 15 is 0 Å². The molecule has 0 aromatic heterocycles. The Morgan fingerprint density at radius 3 is 1.67 bits per heavy atom. The average Bonchev–Trinajstić information content (AvgIpc) is 1.90. The number of rotatable bonds is 0. The van der Waals surface area contributed by atoms with Gasteiger partial charge in [-0.3, -0.25) is 0 Å². The van der Waals surface area contributed by atoms with Gasteiger partial charge < -0.3 is 5.73 Å². The zero-order chi connectivity index (χ0) is 6.32. The van der Waals surface area contributed by atoms with Gasteiger partial charge in [0.1, 0.15) is 0 Å². The molecule has 3 saturated carbocycles. The van der Waals surface area contributed by atoms with Crippen LogP contribution in [0.15, 0.2) is 0 Å². The maximum Gasteiger partial charge on any atom is 0.0946 e. The minimum Gasteiger partial charge on any atom is -0.353 e. The molecule has 3 N–H and O–H groups in total. The summed E-state index contributed by atoms with van der Waals surface area (Å²) in [6, 6.07) is 0. The van der Waals surface area contributed by atoms with E-state index in [9.17, 15) is 0 Å². The molecule has 1 heteroatoms.